The van der Waals surface area contributed by atoms with Crippen LogP contribution in [0.5, 0.6) is 0 Å². The Labute approximate surface area is 109 Å². The average Bonchev–Trinajstić information content (AvgIpc) is 2.86. The van der Waals surface area contributed by atoms with E-state index in [1.54, 1.807) is 6.33 Å². The Morgan fingerprint density at radius 2 is 2.37 bits per heavy atom. The maximum atomic E-state index is 10.8. The van der Waals surface area contributed by atoms with Crippen molar-refractivity contribution in [1.29, 1.82) is 0 Å². The molecule has 1 atom stereocenters. The van der Waals surface area contributed by atoms with Crippen molar-refractivity contribution in [3.63, 3.8) is 0 Å². The molecule has 2 aromatic heterocycles. The van der Waals surface area contributed by atoms with E-state index in [9.17, 15) is 4.79 Å². The van der Waals surface area contributed by atoms with Crippen LogP contribution in [0.1, 0.15) is 19.3 Å². The molecule has 2 aromatic rings. The summed E-state index contributed by atoms with van der Waals surface area (Å²) in [5.41, 5.74) is 1.46. The maximum Gasteiger partial charge on any atom is 0.303 e. The molecule has 0 saturated carbocycles. The number of fused-ring (bicyclic) bond motifs is 1. The molecular formula is C12H15N5O2. The third kappa shape index (κ3) is 2.35. The summed E-state index contributed by atoms with van der Waals surface area (Å²) in [6, 6.07) is 0. The number of hydrogen-bond acceptors (Lipinski definition) is 5. The molecule has 0 aliphatic carbocycles. The first-order valence-electron chi connectivity index (χ1n) is 6.35. The van der Waals surface area contributed by atoms with E-state index in [1.165, 1.54) is 6.33 Å². The fourth-order valence-corrected chi connectivity index (χ4v) is 2.66. The summed E-state index contributed by atoms with van der Waals surface area (Å²) in [5, 5.41) is 8.90. The lowest BCUT2D eigenvalue weighted by Gasteiger charge is -2.32. The van der Waals surface area contributed by atoms with Gasteiger partial charge in [0.05, 0.1) is 6.33 Å². The molecule has 0 bridgehead atoms. The normalized spacial score (nSPS) is 19.8. The van der Waals surface area contributed by atoms with Crippen LogP contribution in [0.15, 0.2) is 12.7 Å². The van der Waals surface area contributed by atoms with Crippen LogP contribution in [0.3, 0.4) is 0 Å². The second-order valence-corrected chi connectivity index (χ2v) is 4.85. The van der Waals surface area contributed by atoms with Gasteiger partial charge in [0.15, 0.2) is 11.5 Å². The third-order valence-corrected chi connectivity index (χ3v) is 3.48. The van der Waals surface area contributed by atoms with E-state index < -0.39 is 5.97 Å². The van der Waals surface area contributed by atoms with Gasteiger partial charge in [0.1, 0.15) is 11.8 Å². The number of carboxylic acids is 1. The van der Waals surface area contributed by atoms with Crippen LogP contribution in [0.25, 0.3) is 11.2 Å². The molecule has 0 amide bonds. The van der Waals surface area contributed by atoms with Gasteiger partial charge in [-0.2, -0.15) is 0 Å². The number of H-pyrrole nitrogens is 1. The number of anilines is 1. The third-order valence-electron chi connectivity index (χ3n) is 3.48. The Morgan fingerprint density at radius 1 is 1.47 bits per heavy atom. The lowest BCUT2D eigenvalue weighted by molar-refractivity contribution is -0.138. The van der Waals surface area contributed by atoms with E-state index in [4.69, 9.17) is 5.11 Å². The monoisotopic (exact) mass is 261 g/mol. The highest BCUT2D eigenvalue weighted by atomic mass is 16.4. The van der Waals surface area contributed by atoms with E-state index in [1.807, 2.05) is 0 Å². The van der Waals surface area contributed by atoms with Gasteiger partial charge in [-0.25, -0.2) is 15.0 Å². The zero-order valence-corrected chi connectivity index (χ0v) is 10.4. The van der Waals surface area contributed by atoms with Crippen molar-refractivity contribution in [3.8, 4) is 0 Å². The van der Waals surface area contributed by atoms with Gasteiger partial charge in [-0.05, 0) is 18.8 Å². The van der Waals surface area contributed by atoms with E-state index in [-0.39, 0.29) is 12.3 Å². The number of carboxylic acid groups (broad SMARTS) is 1. The van der Waals surface area contributed by atoms with Crippen LogP contribution in [-0.4, -0.2) is 44.1 Å². The first-order valence-corrected chi connectivity index (χ1v) is 6.35. The largest absolute Gasteiger partial charge is 0.481 e. The summed E-state index contributed by atoms with van der Waals surface area (Å²) in [5.74, 6) is 0.262. The number of rotatable bonds is 3. The van der Waals surface area contributed by atoms with Gasteiger partial charge in [-0.15, -0.1) is 0 Å². The lowest BCUT2D eigenvalue weighted by Crippen LogP contribution is -2.37. The summed E-state index contributed by atoms with van der Waals surface area (Å²) in [4.78, 5) is 28.5. The van der Waals surface area contributed by atoms with Crippen LogP contribution in [0.4, 0.5) is 5.82 Å². The topological polar surface area (TPSA) is 95.0 Å². The van der Waals surface area contributed by atoms with Gasteiger partial charge in [-0.1, -0.05) is 0 Å². The zero-order chi connectivity index (χ0) is 13.2. The molecule has 2 N–H and O–H groups in total. The number of imidazole rings is 1. The molecule has 1 aliphatic rings. The number of aliphatic carboxylic acids is 1. The highest BCUT2D eigenvalue weighted by Crippen LogP contribution is 2.26. The molecule has 0 radical (unpaired) electrons. The molecule has 1 fully saturated rings. The first-order chi connectivity index (χ1) is 9.24. The summed E-state index contributed by atoms with van der Waals surface area (Å²) in [7, 11) is 0. The summed E-state index contributed by atoms with van der Waals surface area (Å²) in [6.07, 6.45) is 5.26. The van der Waals surface area contributed by atoms with Crippen LogP contribution < -0.4 is 4.90 Å². The zero-order valence-electron chi connectivity index (χ0n) is 10.4. The number of aromatic nitrogens is 4. The number of nitrogens with one attached hydrogen (secondary N) is 1. The predicted octanol–water partition coefficient (Wildman–Crippen LogP) is 1.04. The Bertz CT molecular complexity index is 597. The molecule has 1 saturated heterocycles. The second-order valence-electron chi connectivity index (χ2n) is 4.85. The van der Waals surface area contributed by atoms with Crippen LogP contribution in [-0.2, 0) is 4.79 Å². The number of nitrogens with zero attached hydrogens (tertiary/aromatic N) is 4. The van der Waals surface area contributed by atoms with Gasteiger partial charge in [0.2, 0.25) is 0 Å². The smallest absolute Gasteiger partial charge is 0.303 e. The van der Waals surface area contributed by atoms with Gasteiger partial charge < -0.3 is 15.0 Å². The Morgan fingerprint density at radius 3 is 3.21 bits per heavy atom. The summed E-state index contributed by atoms with van der Waals surface area (Å²) < 4.78 is 0. The van der Waals surface area contributed by atoms with E-state index in [0.29, 0.717) is 5.65 Å². The predicted molar refractivity (Wildman–Crippen MR) is 68.9 cm³/mol. The van der Waals surface area contributed by atoms with Crippen molar-refractivity contribution in [2.75, 3.05) is 18.0 Å². The number of hydrogen-bond donors (Lipinski definition) is 2. The number of piperidine rings is 1. The highest BCUT2D eigenvalue weighted by Gasteiger charge is 2.24. The Hall–Kier alpha value is -2.18. The van der Waals surface area contributed by atoms with Crippen LogP contribution in [0.2, 0.25) is 0 Å². The Kier molecular flexibility index (Phi) is 3.02. The van der Waals surface area contributed by atoms with Crippen molar-refractivity contribution < 1.29 is 9.90 Å². The molecule has 19 heavy (non-hydrogen) atoms. The SMILES string of the molecule is O=C(O)C[C@@H]1CCCN(c2ncnc3nc[nH]c23)C1. The molecule has 100 valence electrons. The van der Waals surface area contributed by atoms with Crippen molar-refractivity contribution in [3.05, 3.63) is 12.7 Å². The quantitative estimate of drug-likeness (QED) is 0.857. The minimum Gasteiger partial charge on any atom is -0.481 e. The van der Waals surface area contributed by atoms with Gasteiger partial charge in [-0.3, -0.25) is 4.79 Å². The van der Waals surface area contributed by atoms with Gasteiger partial charge in [0.25, 0.3) is 0 Å². The van der Waals surface area contributed by atoms with Crippen molar-refractivity contribution >= 4 is 23.0 Å². The molecule has 3 heterocycles. The number of carbonyl (C=O) groups is 1. The molecule has 0 unspecified atom stereocenters. The molecule has 7 heteroatoms. The minimum absolute atomic E-state index is 0.180. The average molecular weight is 261 g/mol. The molecule has 7 nitrogen and oxygen atoms in total. The fourth-order valence-electron chi connectivity index (χ4n) is 2.66. The molecule has 0 spiro atoms. The van der Waals surface area contributed by atoms with Crippen molar-refractivity contribution in [1.82, 2.24) is 19.9 Å². The van der Waals surface area contributed by atoms with E-state index >= 15 is 0 Å². The standard InChI is InChI=1S/C12H15N5O2/c18-9(19)4-8-2-1-3-17(5-8)12-10-11(14-6-13-10)15-7-16-12/h6-8H,1-5H2,(H,18,19)(H,13,14,15,16)/t8-/m0/s1. The van der Waals surface area contributed by atoms with Crippen molar-refractivity contribution in [2.45, 2.75) is 19.3 Å². The number of aromatic amines is 1. The fraction of sp³-hybridized carbons (Fsp3) is 0.500. The molecule has 3 rings (SSSR count). The van der Waals surface area contributed by atoms with Gasteiger partial charge in [0, 0.05) is 19.5 Å². The molecular weight excluding hydrogens is 246 g/mol. The van der Waals surface area contributed by atoms with Gasteiger partial charge >= 0.3 is 5.97 Å². The lowest BCUT2D eigenvalue weighted by atomic mass is 9.95. The van der Waals surface area contributed by atoms with E-state index in [0.717, 1.165) is 37.3 Å². The highest BCUT2D eigenvalue weighted by molar-refractivity contribution is 5.82. The van der Waals surface area contributed by atoms with Crippen molar-refractivity contribution in [2.24, 2.45) is 5.92 Å². The molecule has 1 aliphatic heterocycles. The summed E-state index contributed by atoms with van der Waals surface area (Å²) >= 11 is 0. The van der Waals surface area contributed by atoms with E-state index in [2.05, 4.69) is 24.8 Å². The van der Waals surface area contributed by atoms with Crippen LogP contribution in [0, 0.1) is 5.92 Å². The maximum absolute atomic E-state index is 10.8. The molecule has 0 aromatic carbocycles. The second kappa shape index (κ2) is 4.83. The Balaban J connectivity index is 1.85. The summed E-state index contributed by atoms with van der Waals surface area (Å²) in [6.45, 7) is 1.61. The van der Waals surface area contributed by atoms with Crippen LogP contribution >= 0.6 is 0 Å². The minimum atomic E-state index is -0.735. The first kappa shape index (κ1) is 11.9.